The molecule has 0 saturated heterocycles. The Hall–Kier alpha value is -3.79. The number of benzene rings is 2. The number of rotatable bonds is 5. The molecule has 0 aliphatic carbocycles. The minimum Gasteiger partial charge on any atom is -0.444 e. The van der Waals surface area contributed by atoms with Gasteiger partial charge in [-0.15, -0.1) is 4.40 Å². The van der Waals surface area contributed by atoms with Crippen LogP contribution in [-0.4, -0.2) is 43.3 Å². The molecule has 0 radical (unpaired) electrons. The predicted molar refractivity (Wildman–Crippen MR) is 115 cm³/mol. The van der Waals surface area contributed by atoms with Gasteiger partial charge < -0.3 is 15.0 Å². The van der Waals surface area contributed by atoms with Gasteiger partial charge in [-0.25, -0.2) is 17.6 Å². The van der Waals surface area contributed by atoms with Crippen LogP contribution in [0.25, 0.3) is 0 Å². The molecule has 2 aliphatic heterocycles. The molecule has 1 N–H and O–H groups in total. The molecule has 8 nitrogen and oxygen atoms in total. The zero-order valence-electron chi connectivity index (χ0n) is 16.6. The zero-order valence-corrected chi connectivity index (χ0v) is 17.5. The summed E-state index contributed by atoms with van der Waals surface area (Å²) in [7, 11) is -3.52. The van der Waals surface area contributed by atoms with E-state index in [2.05, 4.69) is 9.71 Å². The second kappa shape index (κ2) is 8.75. The normalized spacial score (nSPS) is 17.5. The van der Waals surface area contributed by atoms with Crippen molar-refractivity contribution in [3.05, 3.63) is 89.9 Å². The number of carbonyl (C=O) groups excluding carboxylic acids is 2. The third-order valence-corrected chi connectivity index (χ3v) is 5.90. The monoisotopic (exact) mass is 455 g/mol. The van der Waals surface area contributed by atoms with E-state index in [1.54, 1.807) is 30.3 Å². The van der Waals surface area contributed by atoms with Gasteiger partial charge >= 0.3 is 5.97 Å². The Labute approximate surface area is 183 Å². The lowest BCUT2D eigenvalue weighted by molar-refractivity contribution is -0.150. The molecule has 2 aromatic carbocycles. The van der Waals surface area contributed by atoms with Crippen LogP contribution in [0, 0.1) is 5.82 Å². The number of sulfonamides is 1. The molecule has 4 rings (SSSR count). The summed E-state index contributed by atoms with van der Waals surface area (Å²) in [5.41, 5.74) is 0.937. The van der Waals surface area contributed by atoms with E-state index in [0.29, 0.717) is 11.3 Å². The standard InChI is InChI=1S/C22H18FN3O5S/c23-17-7-9-18(10-8-17)24-21(27)20(15-4-2-1-3-5-15)31-22(28)16-6-11-19-25-32(29,30)13-12-26(19)14-16/h1-11,14,20H,12-13H2,(H,24,27)/t20-/m1/s1. The first-order chi connectivity index (χ1) is 15.3. The van der Waals surface area contributed by atoms with E-state index in [0.717, 1.165) is 0 Å². The number of esters is 1. The Bertz CT molecular complexity index is 1240. The number of fused-ring (bicyclic) bond motifs is 1. The SMILES string of the molecule is O=C(O[C@@H](C(=O)Nc1ccc(F)cc1)c1ccccc1)C1=CN2CCS(=O)(=O)N=C2C=C1. The maximum absolute atomic E-state index is 13.1. The number of amidine groups is 1. The number of hydrogen-bond acceptors (Lipinski definition) is 6. The van der Waals surface area contributed by atoms with Gasteiger partial charge in [0.1, 0.15) is 11.7 Å². The van der Waals surface area contributed by atoms with Crippen molar-refractivity contribution in [2.24, 2.45) is 4.40 Å². The number of anilines is 1. The van der Waals surface area contributed by atoms with E-state index in [-0.39, 0.29) is 23.7 Å². The predicted octanol–water partition coefficient (Wildman–Crippen LogP) is 2.55. The fourth-order valence-electron chi connectivity index (χ4n) is 3.14. The van der Waals surface area contributed by atoms with Gasteiger partial charge in [0.2, 0.25) is 6.10 Å². The van der Waals surface area contributed by atoms with E-state index in [1.807, 2.05) is 0 Å². The van der Waals surface area contributed by atoms with Gasteiger partial charge in [-0.3, -0.25) is 4.79 Å². The number of hydrogen-bond donors (Lipinski definition) is 1. The molecule has 10 heteroatoms. The third kappa shape index (κ3) is 4.92. The van der Waals surface area contributed by atoms with Crippen molar-refractivity contribution >= 4 is 33.4 Å². The van der Waals surface area contributed by atoms with Crippen molar-refractivity contribution in [1.82, 2.24) is 4.90 Å². The van der Waals surface area contributed by atoms with Crippen LogP contribution in [-0.2, 0) is 24.3 Å². The summed E-state index contributed by atoms with van der Waals surface area (Å²) >= 11 is 0. The molecule has 0 spiro atoms. The lowest BCUT2D eigenvalue weighted by Crippen LogP contribution is -2.37. The average Bonchev–Trinajstić information content (AvgIpc) is 2.78. The van der Waals surface area contributed by atoms with E-state index >= 15 is 0 Å². The molecule has 2 aliphatic rings. The third-order valence-electron chi connectivity index (χ3n) is 4.74. The fraction of sp³-hybridized carbons (Fsp3) is 0.136. The topological polar surface area (TPSA) is 105 Å². The Balaban J connectivity index is 1.54. The van der Waals surface area contributed by atoms with Gasteiger partial charge in [0.15, 0.2) is 0 Å². The highest BCUT2D eigenvalue weighted by molar-refractivity contribution is 7.90. The lowest BCUT2D eigenvalue weighted by atomic mass is 10.1. The maximum Gasteiger partial charge on any atom is 0.340 e. The molecular formula is C22H18FN3O5S. The minimum absolute atomic E-state index is 0.138. The van der Waals surface area contributed by atoms with Gasteiger partial charge in [0, 0.05) is 24.0 Å². The second-order valence-electron chi connectivity index (χ2n) is 7.04. The number of nitrogens with zero attached hydrogens (tertiary/aromatic N) is 2. The summed E-state index contributed by atoms with van der Waals surface area (Å²) < 4.78 is 45.6. The van der Waals surface area contributed by atoms with E-state index in [4.69, 9.17) is 4.74 Å². The van der Waals surface area contributed by atoms with Crippen LogP contribution >= 0.6 is 0 Å². The highest BCUT2D eigenvalue weighted by Crippen LogP contribution is 2.24. The number of halogens is 1. The van der Waals surface area contributed by atoms with Crippen molar-refractivity contribution in [3.8, 4) is 0 Å². The summed E-state index contributed by atoms with van der Waals surface area (Å²) in [5.74, 6) is -1.78. The number of nitrogens with one attached hydrogen (secondary N) is 1. The molecule has 2 heterocycles. The Morgan fingerprint density at radius 3 is 2.50 bits per heavy atom. The number of carbonyl (C=O) groups is 2. The molecule has 0 fully saturated rings. The molecule has 32 heavy (non-hydrogen) atoms. The molecule has 0 bridgehead atoms. The van der Waals surface area contributed by atoms with Crippen LogP contribution in [0.1, 0.15) is 11.7 Å². The summed E-state index contributed by atoms with van der Waals surface area (Å²) in [6.45, 7) is 0.148. The van der Waals surface area contributed by atoms with Crippen LogP contribution in [0.5, 0.6) is 0 Å². The van der Waals surface area contributed by atoms with Crippen molar-refractivity contribution in [3.63, 3.8) is 0 Å². The Morgan fingerprint density at radius 2 is 1.78 bits per heavy atom. The smallest absolute Gasteiger partial charge is 0.340 e. The first-order valence-electron chi connectivity index (χ1n) is 9.62. The quantitative estimate of drug-likeness (QED) is 0.695. The maximum atomic E-state index is 13.1. The van der Waals surface area contributed by atoms with E-state index < -0.39 is 33.8 Å². The van der Waals surface area contributed by atoms with Crippen LogP contribution in [0.15, 0.2) is 82.9 Å². The summed E-state index contributed by atoms with van der Waals surface area (Å²) in [4.78, 5) is 27.3. The van der Waals surface area contributed by atoms with Crippen LogP contribution < -0.4 is 5.32 Å². The molecule has 1 amide bonds. The Kier molecular flexibility index (Phi) is 5.87. The highest BCUT2D eigenvalue weighted by atomic mass is 32.2. The summed E-state index contributed by atoms with van der Waals surface area (Å²) in [5, 5.41) is 2.61. The molecular weight excluding hydrogens is 437 g/mol. The van der Waals surface area contributed by atoms with Crippen LogP contribution in [0.3, 0.4) is 0 Å². The summed E-state index contributed by atoms with van der Waals surface area (Å²) in [6, 6.07) is 13.7. The van der Waals surface area contributed by atoms with E-state index in [1.165, 1.54) is 47.5 Å². The van der Waals surface area contributed by atoms with E-state index in [9.17, 15) is 22.4 Å². The molecule has 164 valence electrons. The van der Waals surface area contributed by atoms with Gasteiger partial charge in [-0.2, -0.15) is 0 Å². The Morgan fingerprint density at radius 1 is 1.06 bits per heavy atom. The first-order valence-corrected chi connectivity index (χ1v) is 11.2. The van der Waals surface area contributed by atoms with Gasteiger partial charge in [0.05, 0.1) is 11.3 Å². The van der Waals surface area contributed by atoms with Crippen LogP contribution in [0.2, 0.25) is 0 Å². The summed E-state index contributed by atoms with van der Waals surface area (Å²) in [6.07, 6.45) is 2.97. The fourth-order valence-corrected chi connectivity index (χ4v) is 4.11. The number of amides is 1. The molecule has 1 atom stereocenters. The van der Waals surface area contributed by atoms with Gasteiger partial charge in [0.25, 0.3) is 15.9 Å². The lowest BCUT2D eigenvalue weighted by Gasteiger charge is -2.27. The molecule has 0 unspecified atom stereocenters. The zero-order chi connectivity index (χ0) is 22.7. The van der Waals surface area contributed by atoms with Gasteiger partial charge in [-0.1, -0.05) is 30.3 Å². The van der Waals surface area contributed by atoms with Crippen molar-refractivity contribution in [2.75, 3.05) is 17.6 Å². The van der Waals surface area contributed by atoms with Crippen molar-refractivity contribution in [1.29, 1.82) is 0 Å². The first kappa shape index (κ1) is 21.4. The highest BCUT2D eigenvalue weighted by Gasteiger charge is 2.29. The van der Waals surface area contributed by atoms with Crippen molar-refractivity contribution < 1.29 is 27.1 Å². The van der Waals surface area contributed by atoms with Gasteiger partial charge in [-0.05, 0) is 36.4 Å². The minimum atomic E-state index is -3.52. The molecule has 2 aromatic rings. The average molecular weight is 455 g/mol. The largest absolute Gasteiger partial charge is 0.444 e. The van der Waals surface area contributed by atoms with Crippen molar-refractivity contribution in [2.45, 2.75) is 6.10 Å². The molecule has 0 saturated carbocycles. The molecule has 0 aromatic heterocycles. The second-order valence-corrected chi connectivity index (χ2v) is 8.79. The number of ether oxygens (including phenoxy) is 1. The van der Waals surface area contributed by atoms with Crippen LogP contribution in [0.4, 0.5) is 10.1 Å².